The number of fused-ring (bicyclic) bond motifs is 1. The maximum absolute atomic E-state index is 12.3. The van der Waals surface area contributed by atoms with Gasteiger partial charge in [-0.1, -0.05) is 12.1 Å². The summed E-state index contributed by atoms with van der Waals surface area (Å²) in [5.41, 5.74) is 2.39. The maximum atomic E-state index is 12.3. The Morgan fingerprint density at radius 3 is 2.86 bits per heavy atom. The quantitative estimate of drug-likeness (QED) is 0.548. The van der Waals surface area contributed by atoms with Gasteiger partial charge < -0.3 is 9.30 Å². The van der Waals surface area contributed by atoms with Gasteiger partial charge in [0.25, 0.3) is 0 Å². The molecular weight excluding hydrogens is 278 g/mol. The van der Waals surface area contributed by atoms with E-state index in [0.717, 1.165) is 11.0 Å². The molecule has 2 aromatic heterocycles. The van der Waals surface area contributed by atoms with E-state index in [-0.39, 0.29) is 5.78 Å². The number of allylic oxidation sites excluding steroid dienone is 1. The summed E-state index contributed by atoms with van der Waals surface area (Å²) in [6, 6.07) is 11.2. The Morgan fingerprint density at radius 2 is 2.09 bits per heavy atom. The Bertz CT molecular complexity index is 865. The number of pyridine rings is 1. The van der Waals surface area contributed by atoms with Crippen molar-refractivity contribution >= 4 is 22.9 Å². The minimum atomic E-state index is -0.164. The molecule has 0 amide bonds. The number of nitrogens with zero attached hydrogens (tertiary/aromatic N) is 3. The predicted octanol–water partition coefficient (Wildman–Crippen LogP) is 2.87. The molecule has 5 heteroatoms. The molecule has 0 radical (unpaired) electrons. The van der Waals surface area contributed by atoms with Crippen LogP contribution in [-0.4, -0.2) is 27.4 Å². The van der Waals surface area contributed by atoms with Crippen molar-refractivity contribution in [1.29, 1.82) is 0 Å². The van der Waals surface area contributed by atoms with E-state index in [1.165, 1.54) is 6.08 Å². The van der Waals surface area contributed by atoms with E-state index in [1.54, 1.807) is 36.1 Å². The Kier molecular flexibility index (Phi) is 3.70. The summed E-state index contributed by atoms with van der Waals surface area (Å²) >= 11 is 0. The zero-order valence-electron chi connectivity index (χ0n) is 12.4. The summed E-state index contributed by atoms with van der Waals surface area (Å²) in [7, 11) is 3.42. The topological polar surface area (TPSA) is 57.0 Å². The third kappa shape index (κ3) is 2.61. The van der Waals surface area contributed by atoms with Crippen molar-refractivity contribution in [2.75, 3.05) is 7.11 Å². The average Bonchev–Trinajstić information content (AvgIpc) is 2.90. The summed E-state index contributed by atoms with van der Waals surface area (Å²) < 4.78 is 6.92. The predicted molar refractivity (Wildman–Crippen MR) is 84.9 cm³/mol. The van der Waals surface area contributed by atoms with E-state index in [2.05, 4.69) is 9.97 Å². The first kappa shape index (κ1) is 14.0. The van der Waals surface area contributed by atoms with Crippen molar-refractivity contribution in [2.24, 2.45) is 7.05 Å². The second-order valence-electron chi connectivity index (χ2n) is 4.80. The fourth-order valence-electron chi connectivity index (χ4n) is 2.25. The number of hydrogen-bond donors (Lipinski definition) is 0. The molecule has 0 spiro atoms. The highest BCUT2D eigenvalue weighted by Gasteiger charge is 2.12. The van der Waals surface area contributed by atoms with Crippen molar-refractivity contribution < 1.29 is 9.53 Å². The van der Waals surface area contributed by atoms with Crippen LogP contribution in [0.25, 0.3) is 17.1 Å². The first-order valence-electron chi connectivity index (χ1n) is 6.83. The van der Waals surface area contributed by atoms with Crippen LogP contribution in [0.3, 0.4) is 0 Å². The van der Waals surface area contributed by atoms with Crippen LogP contribution in [0.5, 0.6) is 5.75 Å². The number of carbonyl (C=O) groups excluding carboxylic acids is 1. The molecule has 1 aromatic carbocycles. The Morgan fingerprint density at radius 1 is 1.27 bits per heavy atom. The number of carbonyl (C=O) groups is 1. The smallest absolute Gasteiger partial charge is 0.221 e. The van der Waals surface area contributed by atoms with Gasteiger partial charge in [-0.25, -0.2) is 4.98 Å². The first-order valence-corrected chi connectivity index (χ1v) is 6.83. The van der Waals surface area contributed by atoms with Gasteiger partial charge in [-0.15, -0.1) is 0 Å². The lowest BCUT2D eigenvalue weighted by Gasteiger charge is -2.00. The van der Waals surface area contributed by atoms with Gasteiger partial charge in [0.2, 0.25) is 5.78 Å². The van der Waals surface area contributed by atoms with Gasteiger partial charge in [0.05, 0.1) is 23.8 Å². The minimum Gasteiger partial charge on any atom is -0.497 e. The van der Waals surface area contributed by atoms with Crippen LogP contribution >= 0.6 is 0 Å². The highest BCUT2D eigenvalue weighted by Crippen LogP contribution is 2.16. The van der Waals surface area contributed by atoms with E-state index < -0.39 is 0 Å². The number of ether oxygens (including phenoxy) is 1. The van der Waals surface area contributed by atoms with Crippen molar-refractivity contribution in [3.05, 3.63) is 60.2 Å². The Hall–Kier alpha value is -2.95. The fourth-order valence-corrected chi connectivity index (χ4v) is 2.25. The van der Waals surface area contributed by atoms with Gasteiger partial charge in [-0.3, -0.25) is 9.78 Å². The van der Waals surface area contributed by atoms with Gasteiger partial charge in [-0.05, 0) is 30.4 Å². The van der Waals surface area contributed by atoms with Crippen molar-refractivity contribution in [2.45, 2.75) is 0 Å². The molecule has 0 saturated carbocycles. The van der Waals surface area contributed by atoms with Crippen LogP contribution in [-0.2, 0) is 7.05 Å². The average molecular weight is 293 g/mol. The number of aryl methyl sites for hydroxylation is 1. The lowest BCUT2D eigenvalue weighted by atomic mass is 10.2. The monoisotopic (exact) mass is 293 g/mol. The number of methoxy groups -OCH3 is 1. The minimum absolute atomic E-state index is 0.164. The van der Waals surface area contributed by atoms with Crippen LogP contribution in [0.4, 0.5) is 0 Å². The van der Waals surface area contributed by atoms with E-state index in [9.17, 15) is 4.79 Å². The summed E-state index contributed by atoms with van der Waals surface area (Å²) in [5, 5.41) is 0. The second kappa shape index (κ2) is 5.81. The summed E-state index contributed by atoms with van der Waals surface area (Å²) in [4.78, 5) is 20.9. The Balaban J connectivity index is 1.89. The molecule has 3 aromatic rings. The van der Waals surface area contributed by atoms with Crippen molar-refractivity contribution in [3.8, 4) is 5.75 Å². The molecular formula is C17H15N3O2. The number of imidazole rings is 1. The lowest BCUT2D eigenvalue weighted by Crippen LogP contribution is -2.04. The summed E-state index contributed by atoms with van der Waals surface area (Å²) in [6.45, 7) is 0. The van der Waals surface area contributed by atoms with Gasteiger partial charge in [0.1, 0.15) is 5.75 Å². The van der Waals surface area contributed by atoms with Crippen LogP contribution in [0.2, 0.25) is 0 Å². The van der Waals surface area contributed by atoms with Crippen molar-refractivity contribution in [1.82, 2.24) is 14.5 Å². The molecule has 0 saturated heterocycles. The largest absolute Gasteiger partial charge is 0.497 e. The third-order valence-corrected chi connectivity index (χ3v) is 3.40. The highest BCUT2D eigenvalue weighted by atomic mass is 16.5. The standard InChI is InChI=1S/C17H15N3O2/c1-20-15-6-4-3-5-14(15)19-17(20)16(21)8-7-12-11-13(22-2)9-10-18-12/h3-11H,1-2H3/b8-7+. The molecule has 0 bridgehead atoms. The summed E-state index contributed by atoms with van der Waals surface area (Å²) in [6.07, 6.45) is 4.77. The SMILES string of the molecule is COc1ccnc(/C=C/C(=O)c2nc3ccccc3n2C)c1. The molecule has 22 heavy (non-hydrogen) atoms. The molecule has 3 rings (SSSR count). The van der Waals surface area contributed by atoms with Crippen LogP contribution < -0.4 is 4.74 Å². The molecule has 110 valence electrons. The Labute approximate surface area is 127 Å². The lowest BCUT2D eigenvalue weighted by molar-refractivity contribution is 0.103. The number of para-hydroxylation sites is 2. The number of ketones is 1. The normalized spacial score (nSPS) is 11.2. The van der Waals surface area contributed by atoms with Gasteiger partial charge in [0.15, 0.2) is 5.82 Å². The van der Waals surface area contributed by atoms with E-state index in [1.807, 2.05) is 31.3 Å². The molecule has 0 atom stereocenters. The number of rotatable bonds is 4. The number of benzene rings is 1. The number of hydrogen-bond acceptors (Lipinski definition) is 4. The molecule has 0 fully saturated rings. The molecule has 0 aliphatic heterocycles. The first-order chi connectivity index (χ1) is 10.7. The molecule has 0 aliphatic carbocycles. The zero-order valence-corrected chi connectivity index (χ0v) is 12.4. The van der Waals surface area contributed by atoms with Gasteiger partial charge in [0, 0.05) is 19.3 Å². The van der Waals surface area contributed by atoms with Crippen LogP contribution in [0, 0.1) is 0 Å². The molecule has 0 N–H and O–H groups in total. The van der Waals surface area contributed by atoms with Gasteiger partial charge in [-0.2, -0.15) is 0 Å². The van der Waals surface area contributed by atoms with E-state index in [4.69, 9.17) is 4.74 Å². The molecule has 0 aliphatic rings. The van der Waals surface area contributed by atoms with E-state index in [0.29, 0.717) is 17.3 Å². The summed E-state index contributed by atoms with van der Waals surface area (Å²) in [5.74, 6) is 0.938. The maximum Gasteiger partial charge on any atom is 0.221 e. The van der Waals surface area contributed by atoms with Gasteiger partial charge >= 0.3 is 0 Å². The van der Waals surface area contributed by atoms with Crippen LogP contribution in [0.1, 0.15) is 16.3 Å². The zero-order chi connectivity index (χ0) is 15.5. The third-order valence-electron chi connectivity index (χ3n) is 3.40. The molecule has 5 nitrogen and oxygen atoms in total. The molecule has 0 unspecified atom stereocenters. The van der Waals surface area contributed by atoms with Crippen LogP contribution in [0.15, 0.2) is 48.7 Å². The number of aromatic nitrogens is 3. The van der Waals surface area contributed by atoms with Crippen molar-refractivity contribution in [3.63, 3.8) is 0 Å². The highest BCUT2D eigenvalue weighted by molar-refractivity contribution is 6.06. The molecule has 2 heterocycles. The fraction of sp³-hybridized carbons (Fsp3) is 0.118. The van der Waals surface area contributed by atoms with E-state index >= 15 is 0 Å². The second-order valence-corrected chi connectivity index (χ2v) is 4.80.